The largest absolute Gasteiger partial charge is 0.489 e. The van der Waals surface area contributed by atoms with E-state index in [9.17, 15) is 0 Å². The number of rotatable bonds is 3. The van der Waals surface area contributed by atoms with E-state index < -0.39 is 0 Å². The van der Waals surface area contributed by atoms with Crippen molar-refractivity contribution in [3.8, 4) is 5.75 Å². The van der Waals surface area contributed by atoms with Crippen LogP contribution in [0.15, 0.2) is 54.6 Å². The van der Waals surface area contributed by atoms with Crippen LogP contribution in [0.2, 0.25) is 0 Å². The highest BCUT2D eigenvalue weighted by molar-refractivity contribution is 5.24. The highest BCUT2D eigenvalue weighted by Crippen LogP contribution is 2.12. The zero-order valence-electron chi connectivity index (χ0n) is 10.8. The first-order valence-corrected chi connectivity index (χ1v) is 6.08. The molecule has 1 nitrogen and oxygen atoms in total. The van der Waals surface area contributed by atoms with Gasteiger partial charge in [0.1, 0.15) is 12.4 Å². The van der Waals surface area contributed by atoms with E-state index in [-0.39, 0.29) is 0 Å². The first kappa shape index (κ1) is 13.3. The van der Waals surface area contributed by atoms with Crippen molar-refractivity contribution in [2.24, 2.45) is 0 Å². The Morgan fingerprint density at radius 3 is 2.24 bits per heavy atom. The topological polar surface area (TPSA) is 9.23 Å². The fourth-order valence-corrected chi connectivity index (χ4v) is 1.49. The lowest BCUT2D eigenvalue weighted by Gasteiger charge is -2.06. The van der Waals surface area contributed by atoms with Crippen molar-refractivity contribution in [3.05, 3.63) is 65.7 Å². The van der Waals surface area contributed by atoms with Crippen LogP contribution in [0.3, 0.4) is 0 Å². The lowest BCUT2D eigenvalue weighted by atomic mass is 10.1. The van der Waals surface area contributed by atoms with Crippen LogP contribution < -0.4 is 4.74 Å². The summed E-state index contributed by atoms with van der Waals surface area (Å²) in [6.45, 7) is 6.72. The van der Waals surface area contributed by atoms with Gasteiger partial charge in [-0.1, -0.05) is 61.9 Å². The Hall–Kier alpha value is -1.76. The minimum Gasteiger partial charge on any atom is -0.489 e. The van der Waals surface area contributed by atoms with E-state index in [0.717, 1.165) is 5.75 Å². The molecule has 0 spiro atoms. The van der Waals surface area contributed by atoms with Crippen molar-refractivity contribution in [1.29, 1.82) is 0 Å². The van der Waals surface area contributed by atoms with Gasteiger partial charge in [-0.15, -0.1) is 0 Å². The van der Waals surface area contributed by atoms with E-state index in [4.69, 9.17) is 4.74 Å². The van der Waals surface area contributed by atoms with Gasteiger partial charge in [0, 0.05) is 0 Å². The Kier molecular flexibility index (Phi) is 5.87. The molecule has 0 fully saturated rings. The molecule has 17 heavy (non-hydrogen) atoms. The quantitative estimate of drug-likeness (QED) is 0.746. The smallest absolute Gasteiger partial charge is 0.119 e. The van der Waals surface area contributed by atoms with Crippen molar-refractivity contribution in [2.75, 3.05) is 0 Å². The molecule has 0 unspecified atom stereocenters. The van der Waals surface area contributed by atoms with Gasteiger partial charge in [0.05, 0.1) is 0 Å². The summed E-state index contributed by atoms with van der Waals surface area (Å²) in [5, 5.41) is 0. The minimum atomic E-state index is 0.631. The maximum Gasteiger partial charge on any atom is 0.119 e. The summed E-state index contributed by atoms with van der Waals surface area (Å²) in [6, 6.07) is 18.2. The van der Waals surface area contributed by atoms with Gasteiger partial charge in [0.25, 0.3) is 0 Å². The molecule has 0 heterocycles. The van der Waals surface area contributed by atoms with Gasteiger partial charge in [-0.25, -0.2) is 0 Å². The molecule has 0 atom stereocenters. The molecule has 0 radical (unpaired) electrons. The summed E-state index contributed by atoms with van der Waals surface area (Å²) in [6.07, 6.45) is 0. The van der Waals surface area contributed by atoms with Crippen LogP contribution in [-0.2, 0) is 6.61 Å². The van der Waals surface area contributed by atoms with Gasteiger partial charge in [-0.3, -0.25) is 0 Å². The Morgan fingerprint density at radius 1 is 0.882 bits per heavy atom. The van der Waals surface area contributed by atoms with Crippen molar-refractivity contribution >= 4 is 0 Å². The van der Waals surface area contributed by atoms with Gasteiger partial charge in [0.15, 0.2) is 0 Å². The standard InChI is InChI=1S/C14H14O.C2H6/c1-12-6-5-7-13(10-12)11-15-14-8-3-2-4-9-14;1-2/h2-10H,11H2,1H3;1-2H3. The molecule has 1 heteroatoms. The average Bonchev–Trinajstić information content (AvgIpc) is 2.40. The number of benzene rings is 2. The monoisotopic (exact) mass is 228 g/mol. The van der Waals surface area contributed by atoms with Gasteiger partial charge >= 0.3 is 0 Å². The van der Waals surface area contributed by atoms with Crippen molar-refractivity contribution in [1.82, 2.24) is 0 Å². The number of hydrogen-bond donors (Lipinski definition) is 0. The van der Waals surface area contributed by atoms with E-state index in [1.807, 2.05) is 44.2 Å². The Balaban J connectivity index is 0.000000686. The molecule has 2 aromatic carbocycles. The van der Waals surface area contributed by atoms with E-state index in [1.54, 1.807) is 0 Å². The molecule has 0 bridgehead atoms. The van der Waals surface area contributed by atoms with Crippen LogP contribution in [0.1, 0.15) is 25.0 Å². The zero-order chi connectivity index (χ0) is 12.5. The Labute approximate surface area is 104 Å². The van der Waals surface area contributed by atoms with Gasteiger partial charge in [-0.2, -0.15) is 0 Å². The lowest BCUT2D eigenvalue weighted by Crippen LogP contribution is -1.95. The van der Waals surface area contributed by atoms with Gasteiger partial charge in [0.2, 0.25) is 0 Å². The first-order valence-electron chi connectivity index (χ1n) is 6.08. The summed E-state index contributed by atoms with van der Waals surface area (Å²) in [5.74, 6) is 0.916. The van der Waals surface area contributed by atoms with E-state index in [2.05, 4.69) is 31.2 Å². The molecule has 0 amide bonds. The molecular formula is C16H20O. The molecule has 2 rings (SSSR count). The zero-order valence-corrected chi connectivity index (χ0v) is 10.8. The number of aryl methyl sites for hydroxylation is 1. The van der Waals surface area contributed by atoms with Crippen LogP contribution >= 0.6 is 0 Å². The molecule has 0 saturated heterocycles. The Morgan fingerprint density at radius 2 is 1.59 bits per heavy atom. The van der Waals surface area contributed by atoms with E-state index >= 15 is 0 Å². The summed E-state index contributed by atoms with van der Waals surface area (Å²) in [4.78, 5) is 0. The van der Waals surface area contributed by atoms with Crippen molar-refractivity contribution in [3.63, 3.8) is 0 Å². The summed E-state index contributed by atoms with van der Waals surface area (Å²) < 4.78 is 5.65. The normalized spacial score (nSPS) is 9.12. The summed E-state index contributed by atoms with van der Waals surface area (Å²) in [7, 11) is 0. The van der Waals surface area contributed by atoms with Crippen LogP contribution in [0.25, 0.3) is 0 Å². The van der Waals surface area contributed by atoms with Crippen LogP contribution in [0.5, 0.6) is 5.75 Å². The highest BCUT2D eigenvalue weighted by atomic mass is 16.5. The third-order valence-electron chi connectivity index (χ3n) is 2.23. The lowest BCUT2D eigenvalue weighted by molar-refractivity contribution is 0.306. The third-order valence-corrected chi connectivity index (χ3v) is 2.23. The molecular weight excluding hydrogens is 208 g/mol. The molecule has 2 aromatic rings. The predicted molar refractivity (Wildman–Crippen MR) is 73.3 cm³/mol. The molecule has 0 aliphatic heterocycles. The second-order valence-corrected chi connectivity index (χ2v) is 3.59. The van der Waals surface area contributed by atoms with E-state index in [1.165, 1.54) is 11.1 Å². The molecule has 0 aliphatic carbocycles. The van der Waals surface area contributed by atoms with Crippen LogP contribution in [-0.4, -0.2) is 0 Å². The SMILES string of the molecule is CC.Cc1cccc(COc2ccccc2)c1. The summed E-state index contributed by atoms with van der Waals surface area (Å²) in [5.41, 5.74) is 2.48. The summed E-state index contributed by atoms with van der Waals surface area (Å²) >= 11 is 0. The van der Waals surface area contributed by atoms with Gasteiger partial charge in [-0.05, 0) is 24.6 Å². The molecule has 0 aliphatic rings. The third kappa shape index (κ3) is 4.73. The fourth-order valence-electron chi connectivity index (χ4n) is 1.49. The Bertz CT molecular complexity index is 421. The molecule has 0 saturated carbocycles. The minimum absolute atomic E-state index is 0.631. The van der Waals surface area contributed by atoms with Crippen LogP contribution in [0.4, 0.5) is 0 Å². The number of ether oxygens (including phenoxy) is 1. The predicted octanol–water partition coefficient (Wildman–Crippen LogP) is 4.60. The second-order valence-electron chi connectivity index (χ2n) is 3.59. The highest BCUT2D eigenvalue weighted by Gasteiger charge is 1.94. The van der Waals surface area contributed by atoms with E-state index in [0.29, 0.717) is 6.61 Å². The van der Waals surface area contributed by atoms with Gasteiger partial charge < -0.3 is 4.74 Å². The van der Waals surface area contributed by atoms with Crippen LogP contribution in [0, 0.1) is 6.92 Å². The first-order chi connectivity index (χ1) is 8.34. The number of para-hydroxylation sites is 1. The second kappa shape index (κ2) is 7.50. The average molecular weight is 228 g/mol. The van der Waals surface area contributed by atoms with Crippen molar-refractivity contribution in [2.45, 2.75) is 27.4 Å². The molecule has 90 valence electrons. The molecule has 0 N–H and O–H groups in total. The number of hydrogen-bond acceptors (Lipinski definition) is 1. The fraction of sp³-hybridized carbons (Fsp3) is 0.250. The molecule has 0 aromatic heterocycles. The van der Waals surface area contributed by atoms with Crippen molar-refractivity contribution < 1.29 is 4.74 Å². The maximum absolute atomic E-state index is 5.65. The maximum atomic E-state index is 5.65.